The van der Waals surface area contributed by atoms with Gasteiger partial charge in [-0.05, 0) is 62.2 Å². The van der Waals surface area contributed by atoms with Crippen LogP contribution in [-0.4, -0.2) is 18.0 Å². The molecule has 0 saturated carbocycles. The highest BCUT2D eigenvalue weighted by atomic mass is 35.5. The Morgan fingerprint density at radius 2 is 1.83 bits per heavy atom. The molecule has 0 spiro atoms. The summed E-state index contributed by atoms with van der Waals surface area (Å²) in [5.41, 5.74) is 2.33. The number of esters is 1. The van der Waals surface area contributed by atoms with Crippen molar-refractivity contribution >= 4 is 29.2 Å². The van der Waals surface area contributed by atoms with Crippen molar-refractivity contribution in [3.63, 3.8) is 0 Å². The molecular formula is C18H17ClFNO3. The van der Waals surface area contributed by atoms with Crippen LogP contribution >= 0.6 is 11.6 Å². The van der Waals surface area contributed by atoms with Crippen molar-refractivity contribution in [3.05, 3.63) is 63.9 Å². The molecule has 0 saturated heterocycles. The fraction of sp³-hybridized carbons (Fsp3) is 0.222. The maximum absolute atomic E-state index is 13.7. The molecule has 0 fully saturated rings. The maximum atomic E-state index is 13.7. The molecule has 0 unspecified atom stereocenters. The van der Waals surface area contributed by atoms with Crippen LogP contribution in [0.5, 0.6) is 0 Å². The second-order valence-corrected chi connectivity index (χ2v) is 5.90. The zero-order chi connectivity index (χ0) is 17.9. The highest BCUT2D eigenvalue weighted by Crippen LogP contribution is 2.19. The lowest BCUT2D eigenvalue weighted by Crippen LogP contribution is -2.30. The average molecular weight is 350 g/mol. The monoisotopic (exact) mass is 349 g/mol. The van der Waals surface area contributed by atoms with Crippen LogP contribution in [0.3, 0.4) is 0 Å². The van der Waals surface area contributed by atoms with Crippen molar-refractivity contribution < 1.29 is 18.7 Å². The first-order valence-electron chi connectivity index (χ1n) is 7.32. The summed E-state index contributed by atoms with van der Waals surface area (Å²) in [4.78, 5) is 24.1. The lowest BCUT2D eigenvalue weighted by Gasteiger charge is -2.14. The molecule has 0 aromatic heterocycles. The maximum Gasteiger partial charge on any atom is 0.338 e. The fourth-order valence-electron chi connectivity index (χ4n) is 1.98. The molecule has 126 valence electrons. The van der Waals surface area contributed by atoms with Crippen LogP contribution in [0.15, 0.2) is 36.4 Å². The number of halogens is 2. The van der Waals surface area contributed by atoms with Gasteiger partial charge in [-0.25, -0.2) is 9.18 Å². The van der Waals surface area contributed by atoms with Gasteiger partial charge in [0.05, 0.1) is 11.3 Å². The number of hydrogen-bond donors (Lipinski definition) is 1. The molecule has 1 N–H and O–H groups in total. The Kier molecular flexibility index (Phi) is 5.57. The van der Waals surface area contributed by atoms with Crippen molar-refractivity contribution in [1.29, 1.82) is 0 Å². The highest BCUT2D eigenvalue weighted by molar-refractivity contribution is 6.30. The molecule has 2 rings (SSSR count). The number of amides is 1. The van der Waals surface area contributed by atoms with Crippen LogP contribution in [0.2, 0.25) is 5.02 Å². The van der Waals surface area contributed by atoms with E-state index in [9.17, 15) is 14.0 Å². The zero-order valence-corrected chi connectivity index (χ0v) is 14.3. The Labute approximate surface area is 144 Å². The Hall–Kier alpha value is -2.40. The van der Waals surface area contributed by atoms with Gasteiger partial charge < -0.3 is 10.1 Å². The normalized spacial score (nSPS) is 11.7. The number of ether oxygens (including phenoxy) is 1. The number of carbonyl (C=O) groups excluding carboxylic acids is 2. The number of anilines is 1. The van der Waals surface area contributed by atoms with Gasteiger partial charge in [0.15, 0.2) is 6.10 Å². The van der Waals surface area contributed by atoms with Crippen LogP contribution in [0, 0.1) is 19.7 Å². The van der Waals surface area contributed by atoms with Crippen molar-refractivity contribution in [3.8, 4) is 0 Å². The van der Waals surface area contributed by atoms with E-state index < -0.39 is 23.8 Å². The van der Waals surface area contributed by atoms with Gasteiger partial charge in [-0.15, -0.1) is 0 Å². The largest absolute Gasteiger partial charge is 0.449 e. The van der Waals surface area contributed by atoms with Crippen LogP contribution in [0.25, 0.3) is 0 Å². The Balaban J connectivity index is 2.02. The van der Waals surface area contributed by atoms with Gasteiger partial charge in [0.25, 0.3) is 5.91 Å². The number of benzene rings is 2. The number of hydrogen-bond acceptors (Lipinski definition) is 3. The molecule has 0 aliphatic rings. The standard InChI is InChI=1S/C18H17ClFNO3/c1-10-4-5-13(8-11(10)2)18(23)24-12(3)17(22)21-16-7-6-14(19)9-15(16)20/h4-9,12H,1-3H3,(H,21,22)/t12-/m1/s1. The molecule has 0 aliphatic heterocycles. The van der Waals surface area contributed by atoms with Gasteiger partial charge in [-0.1, -0.05) is 17.7 Å². The predicted molar refractivity (Wildman–Crippen MR) is 90.8 cm³/mol. The topological polar surface area (TPSA) is 55.4 Å². The highest BCUT2D eigenvalue weighted by Gasteiger charge is 2.20. The third-order valence-corrected chi connectivity index (χ3v) is 3.82. The molecule has 2 aromatic carbocycles. The van der Waals surface area contributed by atoms with E-state index in [0.29, 0.717) is 5.56 Å². The van der Waals surface area contributed by atoms with Gasteiger partial charge >= 0.3 is 5.97 Å². The second-order valence-electron chi connectivity index (χ2n) is 5.46. The molecule has 24 heavy (non-hydrogen) atoms. The van der Waals surface area contributed by atoms with Crippen molar-refractivity contribution in [1.82, 2.24) is 0 Å². The molecule has 1 atom stereocenters. The van der Waals surface area contributed by atoms with E-state index in [4.69, 9.17) is 16.3 Å². The van der Waals surface area contributed by atoms with E-state index >= 15 is 0 Å². The number of nitrogens with one attached hydrogen (secondary N) is 1. The summed E-state index contributed by atoms with van der Waals surface area (Å²) >= 11 is 5.65. The van der Waals surface area contributed by atoms with E-state index in [-0.39, 0.29) is 10.7 Å². The first-order chi connectivity index (χ1) is 11.3. The minimum atomic E-state index is -1.07. The molecule has 2 aromatic rings. The smallest absolute Gasteiger partial charge is 0.338 e. The summed E-state index contributed by atoms with van der Waals surface area (Å²) in [5.74, 6) is -1.91. The van der Waals surface area contributed by atoms with E-state index in [2.05, 4.69) is 5.32 Å². The fourth-order valence-corrected chi connectivity index (χ4v) is 2.13. The van der Waals surface area contributed by atoms with Gasteiger partial charge in [-0.2, -0.15) is 0 Å². The number of carbonyl (C=O) groups is 2. The minimum Gasteiger partial charge on any atom is -0.449 e. The molecule has 6 heteroatoms. The predicted octanol–water partition coefficient (Wildman–Crippen LogP) is 4.28. The molecule has 0 heterocycles. The molecule has 0 radical (unpaired) electrons. The Morgan fingerprint density at radius 3 is 2.46 bits per heavy atom. The molecule has 0 bridgehead atoms. The summed E-state index contributed by atoms with van der Waals surface area (Å²) in [6.45, 7) is 5.23. The first-order valence-corrected chi connectivity index (χ1v) is 7.70. The Bertz CT molecular complexity index is 792. The van der Waals surface area contributed by atoms with Crippen LogP contribution in [0.4, 0.5) is 10.1 Å². The second kappa shape index (κ2) is 7.45. The lowest BCUT2D eigenvalue weighted by molar-refractivity contribution is -0.123. The van der Waals surface area contributed by atoms with E-state index in [1.807, 2.05) is 13.8 Å². The van der Waals surface area contributed by atoms with E-state index in [0.717, 1.165) is 17.2 Å². The first kappa shape index (κ1) is 17.9. The van der Waals surface area contributed by atoms with Crippen molar-refractivity contribution in [2.45, 2.75) is 26.9 Å². The number of aryl methyl sites for hydroxylation is 2. The molecule has 1 amide bonds. The van der Waals surface area contributed by atoms with Gasteiger partial charge in [0.1, 0.15) is 5.82 Å². The Morgan fingerprint density at radius 1 is 1.12 bits per heavy atom. The lowest BCUT2D eigenvalue weighted by atomic mass is 10.1. The zero-order valence-electron chi connectivity index (χ0n) is 13.5. The summed E-state index contributed by atoms with van der Waals surface area (Å²) in [6, 6.07) is 9.01. The number of rotatable bonds is 4. The average Bonchev–Trinajstić information content (AvgIpc) is 2.52. The summed E-state index contributed by atoms with van der Waals surface area (Å²) in [6.07, 6.45) is -1.07. The summed E-state index contributed by atoms with van der Waals surface area (Å²) < 4.78 is 18.8. The SMILES string of the molecule is Cc1ccc(C(=O)O[C@H](C)C(=O)Nc2ccc(Cl)cc2F)cc1C. The van der Waals surface area contributed by atoms with Gasteiger partial charge in [0, 0.05) is 5.02 Å². The summed E-state index contributed by atoms with van der Waals surface area (Å²) in [7, 11) is 0. The van der Waals surface area contributed by atoms with Crippen molar-refractivity contribution in [2.24, 2.45) is 0 Å². The minimum absolute atomic E-state index is 0.0292. The molecule has 0 aliphatic carbocycles. The summed E-state index contributed by atoms with van der Waals surface area (Å²) in [5, 5.41) is 2.59. The van der Waals surface area contributed by atoms with Crippen LogP contribution < -0.4 is 5.32 Å². The van der Waals surface area contributed by atoms with Crippen LogP contribution in [0.1, 0.15) is 28.4 Å². The quantitative estimate of drug-likeness (QED) is 0.838. The van der Waals surface area contributed by atoms with Crippen molar-refractivity contribution in [2.75, 3.05) is 5.32 Å². The van der Waals surface area contributed by atoms with Gasteiger partial charge in [-0.3, -0.25) is 4.79 Å². The third-order valence-electron chi connectivity index (χ3n) is 3.58. The molecule has 4 nitrogen and oxygen atoms in total. The van der Waals surface area contributed by atoms with E-state index in [1.165, 1.54) is 19.1 Å². The third kappa shape index (κ3) is 4.32. The van der Waals surface area contributed by atoms with E-state index in [1.54, 1.807) is 18.2 Å². The van der Waals surface area contributed by atoms with Gasteiger partial charge in [0.2, 0.25) is 0 Å². The molecular weight excluding hydrogens is 333 g/mol. The van der Waals surface area contributed by atoms with Crippen LogP contribution in [-0.2, 0) is 9.53 Å².